The number of rotatable bonds is 4. The second-order valence-corrected chi connectivity index (χ2v) is 9.01. The van der Waals surface area contributed by atoms with E-state index < -0.39 is 0 Å². The Hall–Kier alpha value is -0.820. The van der Waals surface area contributed by atoms with E-state index in [0.717, 1.165) is 55.4 Å². The van der Waals surface area contributed by atoms with E-state index in [2.05, 4.69) is 44.3 Å². The van der Waals surface area contributed by atoms with Crippen LogP contribution in [0.5, 0.6) is 0 Å². The molecular formula is C20H27BrClN3O2. The van der Waals surface area contributed by atoms with Crippen molar-refractivity contribution in [3.63, 3.8) is 0 Å². The molecule has 4 rings (SSSR count). The Balaban J connectivity index is 1.64. The van der Waals surface area contributed by atoms with E-state index in [9.17, 15) is 0 Å². The van der Waals surface area contributed by atoms with Crippen LogP contribution in [0.15, 0.2) is 38.5 Å². The molecule has 1 saturated heterocycles. The fraction of sp³-hybridized carbons (Fsp3) is 0.650. The van der Waals surface area contributed by atoms with Gasteiger partial charge in [0.1, 0.15) is 18.1 Å². The number of piperazine rings is 1. The summed E-state index contributed by atoms with van der Waals surface area (Å²) in [6.07, 6.45) is 10.3. The second kappa shape index (κ2) is 8.68. The first-order chi connectivity index (χ1) is 13.2. The topological polar surface area (TPSA) is 46.1 Å². The molecule has 0 aromatic carbocycles. The molecule has 27 heavy (non-hydrogen) atoms. The van der Waals surface area contributed by atoms with E-state index in [-0.39, 0.29) is 12.0 Å². The quantitative estimate of drug-likeness (QED) is 0.671. The van der Waals surface area contributed by atoms with Crippen LogP contribution in [-0.4, -0.2) is 42.3 Å². The maximum atomic E-state index is 6.28. The highest BCUT2D eigenvalue weighted by Gasteiger charge is 2.41. The van der Waals surface area contributed by atoms with Crippen LogP contribution < -0.4 is 5.32 Å². The van der Waals surface area contributed by atoms with E-state index in [1.54, 1.807) is 6.26 Å². The zero-order valence-corrected chi connectivity index (χ0v) is 18.1. The molecule has 0 aromatic rings. The average molecular weight is 457 g/mol. The van der Waals surface area contributed by atoms with Gasteiger partial charge in [0, 0.05) is 38.0 Å². The molecule has 7 heteroatoms. The third-order valence-corrected chi connectivity index (χ3v) is 6.47. The molecule has 4 aliphatic rings. The third kappa shape index (κ3) is 4.29. The molecule has 0 amide bonds. The summed E-state index contributed by atoms with van der Waals surface area (Å²) in [6, 6.07) is 0.538. The molecule has 1 aliphatic carbocycles. The van der Waals surface area contributed by atoms with Crippen molar-refractivity contribution in [3.05, 3.63) is 33.4 Å². The van der Waals surface area contributed by atoms with Gasteiger partial charge in [-0.05, 0) is 46.8 Å². The number of allylic oxidation sites excluding steroid dienone is 3. The summed E-state index contributed by atoms with van der Waals surface area (Å²) in [5.41, 5.74) is 2.36. The predicted molar refractivity (Wildman–Crippen MR) is 112 cm³/mol. The molecule has 3 aliphatic heterocycles. The van der Waals surface area contributed by atoms with Crippen molar-refractivity contribution < 1.29 is 9.57 Å². The van der Waals surface area contributed by atoms with Gasteiger partial charge in [0.2, 0.25) is 0 Å². The number of hydrogen-bond donors (Lipinski definition) is 1. The number of fused-ring (bicyclic) bond motifs is 1. The van der Waals surface area contributed by atoms with Gasteiger partial charge in [0.25, 0.3) is 0 Å². The van der Waals surface area contributed by atoms with Gasteiger partial charge in [-0.1, -0.05) is 36.5 Å². The molecule has 5 nitrogen and oxygen atoms in total. The molecule has 0 aromatic heterocycles. The van der Waals surface area contributed by atoms with Gasteiger partial charge in [0.15, 0.2) is 4.67 Å². The lowest BCUT2D eigenvalue weighted by atomic mass is 9.92. The minimum Gasteiger partial charge on any atom is -0.466 e. The second-order valence-electron chi connectivity index (χ2n) is 7.74. The highest BCUT2D eigenvalue weighted by molar-refractivity contribution is 9.11. The highest BCUT2D eigenvalue weighted by Crippen LogP contribution is 2.39. The summed E-state index contributed by atoms with van der Waals surface area (Å²) in [6.45, 7) is 5.21. The minimum absolute atomic E-state index is 0.0246. The van der Waals surface area contributed by atoms with Crippen molar-refractivity contribution in [1.29, 1.82) is 0 Å². The molecule has 0 radical (unpaired) electrons. The van der Waals surface area contributed by atoms with Crippen molar-refractivity contribution in [3.8, 4) is 0 Å². The summed E-state index contributed by atoms with van der Waals surface area (Å²) < 4.78 is 6.79. The van der Waals surface area contributed by atoms with Gasteiger partial charge in [-0.15, -0.1) is 0 Å². The first-order valence-electron chi connectivity index (χ1n) is 9.98. The van der Waals surface area contributed by atoms with E-state index in [1.165, 1.54) is 24.8 Å². The fourth-order valence-electron chi connectivity index (χ4n) is 4.48. The molecule has 0 saturated carbocycles. The maximum absolute atomic E-state index is 6.28. The van der Waals surface area contributed by atoms with E-state index in [4.69, 9.17) is 21.2 Å². The first kappa shape index (κ1) is 19.5. The zero-order chi connectivity index (χ0) is 18.8. The van der Waals surface area contributed by atoms with Gasteiger partial charge in [-0.2, -0.15) is 0 Å². The zero-order valence-electron chi connectivity index (χ0n) is 15.7. The van der Waals surface area contributed by atoms with E-state index in [0.29, 0.717) is 10.7 Å². The molecule has 148 valence electrons. The van der Waals surface area contributed by atoms with Crippen molar-refractivity contribution >= 4 is 33.2 Å². The first-order valence-corrected chi connectivity index (χ1v) is 11.2. The smallest absolute Gasteiger partial charge is 0.196 e. The molecule has 1 fully saturated rings. The lowest BCUT2D eigenvalue weighted by Crippen LogP contribution is -2.57. The lowest BCUT2D eigenvalue weighted by Gasteiger charge is -2.41. The molecule has 1 N–H and O–H groups in total. The summed E-state index contributed by atoms with van der Waals surface area (Å²) in [5, 5.41) is 8.96. The van der Waals surface area contributed by atoms with Crippen LogP contribution in [0.2, 0.25) is 0 Å². The standard InChI is InChI=1S/C20H27BrClN3O2/c1-2-3-4-16-11-25(8-7-23-16)19-18-13(10-17(21)27-24-18)5-6-14-9-15(22)12-26-20(14)19/h10,12-13,16,19,23H,2-9,11H2,1H3/t13?,16-,19?/m0/s1. The van der Waals surface area contributed by atoms with E-state index in [1.807, 2.05) is 0 Å². The van der Waals surface area contributed by atoms with Crippen LogP contribution >= 0.6 is 27.5 Å². The molecule has 3 heterocycles. The van der Waals surface area contributed by atoms with Crippen LogP contribution in [0.3, 0.4) is 0 Å². The summed E-state index contributed by atoms with van der Waals surface area (Å²) in [7, 11) is 0. The largest absolute Gasteiger partial charge is 0.466 e. The van der Waals surface area contributed by atoms with Gasteiger partial charge in [-0.3, -0.25) is 4.90 Å². The third-order valence-electron chi connectivity index (χ3n) is 5.84. The Kier molecular flexibility index (Phi) is 6.27. The number of nitrogens with one attached hydrogen (secondary N) is 1. The number of nitrogens with zero attached hydrogens (tertiary/aromatic N) is 2. The lowest BCUT2D eigenvalue weighted by molar-refractivity contribution is 0.145. The normalized spacial score (nSPS) is 31.5. The molecule has 3 atom stereocenters. The van der Waals surface area contributed by atoms with Crippen molar-refractivity contribution in [1.82, 2.24) is 10.2 Å². The van der Waals surface area contributed by atoms with E-state index >= 15 is 0 Å². The van der Waals surface area contributed by atoms with Gasteiger partial charge < -0.3 is 14.9 Å². The fourth-order valence-corrected chi connectivity index (χ4v) is 5.08. The van der Waals surface area contributed by atoms with Crippen LogP contribution in [0.4, 0.5) is 0 Å². The summed E-state index contributed by atoms with van der Waals surface area (Å²) in [5.74, 6) is 1.28. The van der Waals surface area contributed by atoms with Crippen LogP contribution in [-0.2, 0) is 9.57 Å². The van der Waals surface area contributed by atoms with Crippen molar-refractivity contribution in [2.75, 3.05) is 19.6 Å². The number of oxime groups is 1. The molecule has 0 spiro atoms. The minimum atomic E-state index is 0.0246. The Labute approximate surface area is 174 Å². The SMILES string of the molecule is CCCC[C@H]1CN(C2C3=NOC(Br)=CC3CCC3=C2OC=C(Cl)C3)CCN1. The predicted octanol–water partition coefficient (Wildman–Crippen LogP) is 4.61. The number of unbranched alkanes of at least 4 members (excludes halogenated alkanes) is 1. The Morgan fingerprint density at radius 1 is 1.44 bits per heavy atom. The monoisotopic (exact) mass is 455 g/mol. The van der Waals surface area contributed by atoms with Crippen LogP contribution in [0.1, 0.15) is 45.4 Å². The van der Waals surface area contributed by atoms with Crippen LogP contribution in [0.25, 0.3) is 0 Å². The summed E-state index contributed by atoms with van der Waals surface area (Å²) >= 11 is 9.73. The molecule has 2 unspecified atom stereocenters. The Bertz CT molecular complexity index is 703. The Morgan fingerprint density at radius 2 is 2.33 bits per heavy atom. The average Bonchev–Trinajstić information content (AvgIpc) is 2.83. The Morgan fingerprint density at radius 3 is 3.19 bits per heavy atom. The van der Waals surface area contributed by atoms with Gasteiger partial charge >= 0.3 is 0 Å². The van der Waals surface area contributed by atoms with Gasteiger partial charge in [-0.25, -0.2) is 0 Å². The van der Waals surface area contributed by atoms with Crippen LogP contribution in [0, 0.1) is 5.92 Å². The molecule has 0 bridgehead atoms. The number of hydrogen-bond acceptors (Lipinski definition) is 5. The highest BCUT2D eigenvalue weighted by atomic mass is 79.9. The molecular weight excluding hydrogens is 430 g/mol. The number of halogens is 2. The maximum Gasteiger partial charge on any atom is 0.196 e. The number of ether oxygens (including phenoxy) is 1. The van der Waals surface area contributed by atoms with Gasteiger partial charge in [0.05, 0.1) is 10.7 Å². The van der Waals surface area contributed by atoms with Crippen molar-refractivity contribution in [2.24, 2.45) is 11.1 Å². The van der Waals surface area contributed by atoms with Crippen molar-refractivity contribution in [2.45, 2.75) is 57.5 Å². The summed E-state index contributed by atoms with van der Waals surface area (Å²) in [4.78, 5) is 8.04.